The van der Waals surface area contributed by atoms with Gasteiger partial charge in [0.05, 0.1) is 22.8 Å². The second-order valence-corrected chi connectivity index (χ2v) is 9.22. The molecule has 9 heteroatoms. The van der Waals surface area contributed by atoms with Gasteiger partial charge in [0.1, 0.15) is 19.8 Å². The predicted octanol–water partition coefficient (Wildman–Crippen LogP) is 5.39. The van der Waals surface area contributed by atoms with Crippen LogP contribution in [0.2, 0.25) is 5.02 Å². The number of hydrogen-bond donors (Lipinski definition) is 1. The highest BCUT2D eigenvalue weighted by Crippen LogP contribution is 2.35. The fraction of sp³-hybridized carbons (Fsp3) is 0.231. The van der Waals surface area contributed by atoms with E-state index in [0.717, 1.165) is 20.3 Å². The summed E-state index contributed by atoms with van der Waals surface area (Å²) in [5, 5.41) is 4.79. The quantitative estimate of drug-likeness (QED) is 0.201. The first kappa shape index (κ1) is 25.1. The van der Waals surface area contributed by atoms with Crippen LogP contribution in [0.5, 0.6) is 23.0 Å². The normalized spacial score (nSPS) is 12.4. The van der Waals surface area contributed by atoms with Gasteiger partial charge in [0, 0.05) is 5.02 Å². The lowest BCUT2D eigenvalue weighted by atomic mass is 10.1. The summed E-state index contributed by atoms with van der Waals surface area (Å²) in [7, 11) is 0. The van der Waals surface area contributed by atoms with Gasteiger partial charge in [-0.1, -0.05) is 29.8 Å². The third-order valence-corrected chi connectivity index (χ3v) is 6.06. The van der Waals surface area contributed by atoms with Crippen LogP contribution in [-0.4, -0.2) is 31.9 Å². The maximum atomic E-state index is 12.4. The number of nitrogens with one attached hydrogen (secondary N) is 1. The number of halogens is 2. The fourth-order valence-corrected chi connectivity index (χ4v) is 4.31. The van der Waals surface area contributed by atoms with E-state index in [0.29, 0.717) is 54.4 Å². The van der Waals surface area contributed by atoms with Crippen molar-refractivity contribution in [2.24, 2.45) is 5.10 Å². The highest BCUT2D eigenvalue weighted by molar-refractivity contribution is 14.1. The number of amides is 1. The van der Waals surface area contributed by atoms with E-state index in [1.807, 2.05) is 61.5 Å². The standard InChI is InChI=1S/C26H24ClIN2O5/c1-2-32-24-13-19(11-21(28)26(24)35-16-17-3-6-20(27)7-4-17)15-29-30-25(31)14-18-5-8-22-23(12-18)34-10-9-33-22/h3-8,11-13,15H,2,9-10,14,16H2,1H3,(H,30,31)/b29-15+. The Kier molecular flexibility index (Phi) is 8.70. The summed E-state index contributed by atoms with van der Waals surface area (Å²) >= 11 is 8.15. The van der Waals surface area contributed by atoms with Crippen LogP contribution in [0.15, 0.2) is 59.7 Å². The van der Waals surface area contributed by atoms with Crippen molar-refractivity contribution in [1.82, 2.24) is 5.43 Å². The SMILES string of the molecule is CCOc1cc(/C=N/NC(=O)Cc2ccc3c(c2)OCCO3)cc(I)c1OCc1ccc(Cl)cc1. The average molecular weight is 607 g/mol. The highest BCUT2D eigenvalue weighted by Gasteiger charge is 2.14. The first-order chi connectivity index (χ1) is 17.0. The molecule has 0 aliphatic carbocycles. The molecule has 0 unspecified atom stereocenters. The maximum absolute atomic E-state index is 12.4. The van der Waals surface area contributed by atoms with Crippen LogP contribution >= 0.6 is 34.2 Å². The van der Waals surface area contributed by atoms with Crippen molar-refractivity contribution in [3.63, 3.8) is 0 Å². The zero-order chi connectivity index (χ0) is 24.6. The van der Waals surface area contributed by atoms with Gasteiger partial charge in [-0.3, -0.25) is 4.79 Å². The van der Waals surface area contributed by atoms with Gasteiger partial charge in [-0.15, -0.1) is 0 Å². The summed E-state index contributed by atoms with van der Waals surface area (Å²) in [4.78, 5) is 12.4. The molecule has 182 valence electrons. The van der Waals surface area contributed by atoms with Crippen LogP contribution in [0.3, 0.4) is 0 Å². The number of ether oxygens (including phenoxy) is 4. The van der Waals surface area contributed by atoms with Crippen molar-refractivity contribution >= 4 is 46.3 Å². The molecule has 1 heterocycles. The van der Waals surface area contributed by atoms with Gasteiger partial charge in [0.15, 0.2) is 23.0 Å². The Balaban J connectivity index is 1.38. The molecule has 7 nitrogen and oxygen atoms in total. The molecular formula is C26H24ClIN2O5. The minimum Gasteiger partial charge on any atom is -0.490 e. The van der Waals surface area contributed by atoms with E-state index in [-0.39, 0.29) is 12.3 Å². The molecule has 1 aliphatic heterocycles. The van der Waals surface area contributed by atoms with Gasteiger partial charge in [-0.2, -0.15) is 5.10 Å². The van der Waals surface area contributed by atoms with Crippen LogP contribution in [0.1, 0.15) is 23.6 Å². The van der Waals surface area contributed by atoms with Gasteiger partial charge in [-0.05, 0) is 82.6 Å². The minimum absolute atomic E-state index is 0.174. The topological polar surface area (TPSA) is 78.4 Å². The molecule has 3 aromatic carbocycles. The molecule has 0 aromatic heterocycles. The molecule has 4 rings (SSSR count). The van der Waals surface area contributed by atoms with E-state index in [1.54, 1.807) is 6.21 Å². The number of carbonyl (C=O) groups excluding carboxylic acids is 1. The molecule has 1 amide bonds. The molecule has 3 aromatic rings. The van der Waals surface area contributed by atoms with Crippen LogP contribution in [0.4, 0.5) is 0 Å². The largest absolute Gasteiger partial charge is 0.490 e. The molecule has 1 N–H and O–H groups in total. The zero-order valence-corrected chi connectivity index (χ0v) is 22.0. The van der Waals surface area contributed by atoms with Gasteiger partial charge < -0.3 is 18.9 Å². The van der Waals surface area contributed by atoms with E-state index < -0.39 is 0 Å². The maximum Gasteiger partial charge on any atom is 0.244 e. The Morgan fingerprint density at radius 2 is 1.80 bits per heavy atom. The second-order valence-electron chi connectivity index (χ2n) is 7.63. The molecule has 0 bridgehead atoms. The molecule has 35 heavy (non-hydrogen) atoms. The summed E-state index contributed by atoms with van der Waals surface area (Å²) in [6.45, 7) is 3.81. The molecular weight excluding hydrogens is 583 g/mol. The molecule has 0 spiro atoms. The third-order valence-electron chi connectivity index (χ3n) is 5.00. The number of benzene rings is 3. The molecule has 0 saturated heterocycles. The summed E-state index contributed by atoms with van der Waals surface area (Å²) in [5.41, 5.74) is 5.16. The highest BCUT2D eigenvalue weighted by atomic mass is 127. The van der Waals surface area contributed by atoms with E-state index >= 15 is 0 Å². The smallest absolute Gasteiger partial charge is 0.244 e. The number of nitrogens with zero attached hydrogens (tertiary/aromatic N) is 1. The lowest BCUT2D eigenvalue weighted by Gasteiger charge is -2.18. The van der Waals surface area contributed by atoms with Crippen LogP contribution < -0.4 is 24.4 Å². The molecule has 1 aliphatic rings. The average Bonchev–Trinajstić information content (AvgIpc) is 2.85. The van der Waals surface area contributed by atoms with E-state index in [1.165, 1.54) is 0 Å². The molecule has 0 fully saturated rings. The van der Waals surface area contributed by atoms with E-state index in [9.17, 15) is 4.79 Å². The Morgan fingerprint density at radius 1 is 1.06 bits per heavy atom. The Labute approximate surface area is 222 Å². The number of rotatable bonds is 9. The zero-order valence-electron chi connectivity index (χ0n) is 19.1. The molecule has 0 saturated carbocycles. The molecule has 0 radical (unpaired) electrons. The summed E-state index contributed by atoms with van der Waals surface area (Å²) in [5.74, 6) is 2.38. The number of fused-ring (bicyclic) bond motifs is 1. The fourth-order valence-electron chi connectivity index (χ4n) is 3.40. The van der Waals surface area contributed by atoms with Crippen LogP contribution in [0.25, 0.3) is 0 Å². The van der Waals surface area contributed by atoms with Crippen molar-refractivity contribution in [2.75, 3.05) is 19.8 Å². The van der Waals surface area contributed by atoms with Gasteiger partial charge in [0.2, 0.25) is 5.91 Å². The summed E-state index contributed by atoms with van der Waals surface area (Å²) in [6, 6.07) is 16.7. The van der Waals surface area contributed by atoms with Crippen molar-refractivity contribution in [3.8, 4) is 23.0 Å². The molecule has 0 atom stereocenters. The minimum atomic E-state index is -0.236. The lowest BCUT2D eigenvalue weighted by molar-refractivity contribution is -0.120. The third kappa shape index (κ3) is 7.02. The number of carbonyl (C=O) groups is 1. The Hall–Kier alpha value is -2.98. The van der Waals surface area contributed by atoms with Crippen molar-refractivity contribution in [3.05, 3.63) is 79.9 Å². The van der Waals surface area contributed by atoms with Crippen LogP contribution in [0, 0.1) is 3.57 Å². The summed E-state index contributed by atoms with van der Waals surface area (Å²) < 4.78 is 23.8. The number of hydrogen-bond acceptors (Lipinski definition) is 6. The Morgan fingerprint density at radius 3 is 2.57 bits per heavy atom. The lowest BCUT2D eigenvalue weighted by Crippen LogP contribution is -2.20. The van der Waals surface area contributed by atoms with Crippen molar-refractivity contribution in [2.45, 2.75) is 20.0 Å². The van der Waals surface area contributed by atoms with Gasteiger partial charge in [0.25, 0.3) is 0 Å². The number of hydrazone groups is 1. The van der Waals surface area contributed by atoms with Crippen molar-refractivity contribution < 1.29 is 23.7 Å². The first-order valence-corrected chi connectivity index (χ1v) is 12.5. The monoisotopic (exact) mass is 606 g/mol. The van der Waals surface area contributed by atoms with Crippen molar-refractivity contribution in [1.29, 1.82) is 0 Å². The first-order valence-electron chi connectivity index (χ1n) is 11.1. The second kappa shape index (κ2) is 12.1. The van der Waals surface area contributed by atoms with Gasteiger partial charge >= 0.3 is 0 Å². The van der Waals surface area contributed by atoms with E-state index in [2.05, 4.69) is 33.1 Å². The van der Waals surface area contributed by atoms with Gasteiger partial charge in [-0.25, -0.2) is 5.43 Å². The predicted molar refractivity (Wildman–Crippen MR) is 143 cm³/mol. The Bertz CT molecular complexity index is 1220. The summed E-state index contributed by atoms with van der Waals surface area (Å²) in [6.07, 6.45) is 1.75. The van der Waals surface area contributed by atoms with Crippen LogP contribution in [-0.2, 0) is 17.8 Å². The van der Waals surface area contributed by atoms with E-state index in [4.69, 9.17) is 30.5 Å².